The van der Waals surface area contributed by atoms with Gasteiger partial charge in [0.25, 0.3) is 0 Å². The third-order valence-electron chi connectivity index (χ3n) is 26.0. The zero-order valence-electron chi connectivity index (χ0n) is 49.6. The molecule has 0 saturated heterocycles. The lowest BCUT2D eigenvalue weighted by atomic mass is 9.50. The molecular weight excluding hydrogens is 917 g/mol. The number of rotatable bonds is 14. The summed E-state index contributed by atoms with van der Waals surface area (Å²) in [6, 6.07) is 5.04. The Hall–Kier alpha value is -1.12. The molecule has 0 aromatic heterocycles. The van der Waals surface area contributed by atoms with Crippen molar-refractivity contribution >= 4 is 0 Å². The number of allylic oxidation sites excluding steroid dienone is 8. The molecule has 12 aliphatic rings. The van der Waals surface area contributed by atoms with Crippen LogP contribution < -0.4 is 0 Å². The van der Waals surface area contributed by atoms with E-state index in [9.17, 15) is 0 Å². The van der Waals surface area contributed by atoms with Gasteiger partial charge in [0.15, 0.2) is 0 Å². The Bertz CT molecular complexity index is 1570. The molecule has 8 atom stereocenters. The van der Waals surface area contributed by atoms with Gasteiger partial charge in [0, 0.05) is 36.3 Å². The smallest absolute Gasteiger partial charge is 0.0164 e. The minimum Gasteiger partial charge on any atom is -0.294 e. The van der Waals surface area contributed by atoms with Gasteiger partial charge in [-0.1, -0.05) is 164 Å². The van der Waals surface area contributed by atoms with Crippen LogP contribution in [0.15, 0.2) is 48.6 Å². The largest absolute Gasteiger partial charge is 0.294 e. The quantitative estimate of drug-likeness (QED) is 0.160. The van der Waals surface area contributed by atoms with Crippen molar-refractivity contribution in [3.8, 4) is 0 Å². The van der Waals surface area contributed by atoms with Gasteiger partial charge in [0.2, 0.25) is 0 Å². The predicted molar refractivity (Wildman–Crippen MR) is 324 cm³/mol. The highest BCUT2D eigenvalue weighted by Gasteiger charge is 2.59. The molecule has 0 amide bonds. The van der Waals surface area contributed by atoms with Crippen LogP contribution in [0.25, 0.3) is 0 Å². The van der Waals surface area contributed by atoms with E-state index in [4.69, 9.17) is 0 Å². The highest BCUT2D eigenvalue weighted by molar-refractivity contribution is 5.14. The molecule has 76 heavy (non-hydrogen) atoms. The molecule has 0 aromatic rings. The third kappa shape index (κ3) is 13.9. The van der Waals surface area contributed by atoms with Gasteiger partial charge in [-0.25, -0.2) is 0 Å². The Morgan fingerprint density at radius 3 is 0.645 bits per heavy atom. The average molecular weight is 1040 g/mol. The Labute approximate surface area is 470 Å². The number of hydrogen-bond acceptors (Lipinski definition) is 2. The van der Waals surface area contributed by atoms with Crippen LogP contribution in [0.5, 0.6) is 0 Å². The topological polar surface area (TPSA) is 6.48 Å². The summed E-state index contributed by atoms with van der Waals surface area (Å²) in [5, 5.41) is 0. The summed E-state index contributed by atoms with van der Waals surface area (Å²) < 4.78 is 0. The molecule has 12 aliphatic carbocycles. The SMILES string of the molecule is C(=CC1CCC(N(C2CCC(C=CC3CCCCC3)CC2)C2C3CCCCC3C(N(C3CCC(C=CC4CCCCC4)CC3)C3CCC(C=CC4CCCCC4)CC3)C3CC4CCCCC4CC32)CC1)C1CCCCC1. The fraction of sp³-hybridized carbons (Fsp3) is 0.892. The van der Waals surface area contributed by atoms with Crippen LogP contribution in [0.4, 0.5) is 0 Å². The van der Waals surface area contributed by atoms with E-state index in [1.165, 1.54) is 257 Å². The summed E-state index contributed by atoms with van der Waals surface area (Å²) in [6.07, 6.45) is 90.8. The molecule has 0 radical (unpaired) electrons. The summed E-state index contributed by atoms with van der Waals surface area (Å²) in [5.41, 5.74) is 0. The van der Waals surface area contributed by atoms with Crippen molar-refractivity contribution in [3.05, 3.63) is 48.6 Å². The fourth-order valence-electron chi connectivity index (χ4n) is 21.8. The predicted octanol–water partition coefficient (Wildman–Crippen LogP) is 20.8. The van der Waals surface area contributed by atoms with E-state index in [-0.39, 0.29) is 0 Å². The molecule has 12 rings (SSSR count). The van der Waals surface area contributed by atoms with Crippen LogP contribution in [0.3, 0.4) is 0 Å². The minimum atomic E-state index is 0.831. The first-order chi connectivity index (χ1) is 37.7. The highest BCUT2D eigenvalue weighted by Crippen LogP contribution is 2.60. The van der Waals surface area contributed by atoms with E-state index < -0.39 is 0 Å². The summed E-state index contributed by atoms with van der Waals surface area (Å²) in [7, 11) is 0. The van der Waals surface area contributed by atoms with E-state index in [0.717, 1.165) is 119 Å². The highest BCUT2D eigenvalue weighted by atomic mass is 15.3. The van der Waals surface area contributed by atoms with Gasteiger partial charge in [0.1, 0.15) is 0 Å². The number of fused-ring (bicyclic) bond motifs is 3. The lowest BCUT2D eigenvalue weighted by Crippen LogP contribution is -2.69. The van der Waals surface area contributed by atoms with Crippen molar-refractivity contribution in [1.29, 1.82) is 0 Å². The van der Waals surface area contributed by atoms with Gasteiger partial charge in [-0.15, -0.1) is 0 Å². The molecule has 0 aromatic carbocycles. The summed E-state index contributed by atoms with van der Waals surface area (Å²) in [5.74, 6) is 12.7. The number of hydrogen-bond donors (Lipinski definition) is 0. The van der Waals surface area contributed by atoms with Gasteiger partial charge in [-0.3, -0.25) is 9.80 Å². The Kier molecular flexibility index (Phi) is 20.2. The summed E-state index contributed by atoms with van der Waals surface area (Å²) in [6.45, 7) is 0. The molecule has 0 heterocycles. The minimum absolute atomic E-state index is 0.831. The zero-order valence-corrected chi connectivity index (χ0v) is 49.6. The van der Waals surface area contributed by atoms with Crippen LogP contribution in [0.2, 0.25) is 0 Å². The first kappa shape index (κ1) is 55.4. The molecule has 426 valence electrons. The van der Waals surface area contributed by atoms with Gasteiger partial charge >= 0.3 is 0 Å². The summed E-state index contributed by atoms with van der Waals surface area (Å²) >= 11 is 0. The molecule has 8 unspecified atom stereocenters. The van der Waals surface area contributed by atoms with Crippen molar-refractivity contribution in [2.24, 2.45) is 82.9 Å². The second kappa shape index (κ2) is 27.8. The normalized spacial score (nSPS) is 42.5. The molecule has 0 N–H and O–H groups in total. The first-order valence-electron chi connectivity index (χ1n) is 35.9. The molecule has 12 fully saturated rings. The molecule has 2 heteroatoms. The van der Waals surface area contributed by atoms with Gasteiger partial charge in [-0.05, 0) is 263 Å². The second-order valence-electron chi connectivity index (χ2n) is 30.5. The maximum Gasteiger partial charge on any atom is 0.0164 e. The average Bonchev–Trinajstić information content (AvgIpc) is 3.56. The van der Waals surface area contributed by atoms with Crippen molar-refractivity contribution in [2.45, 2.75) is 332 Å². The van der Waals surface area contributed by atoms with E-state index in [1.807, 2.05) is 0 Å². The van der Waals surface area contributed by atoms with Crippen LogP contribution in [0, 0.1) is 82.9 Å². The second-order valence-corrected chi connectivity index (χ2v) is 30.5. The Morgan fingerprint density at radius 1 is 0.184 bits per heavy atom. The number of nitrogens with zero attached hydrogens (tertiary/aromatic N) is 2. The Balaban J connectivity index is 0.843. The molecule has 0 bridgehead atoms. The van der Waals surface area contributed by atoms with Crippen molar-refractivity contribution in [2.75, 3.05) is 0 Å². The van der Waals surface area contributed by atoms with Crippen LogP contribution in [0.1, 0.15) is 295 Å². The van der Waals surface area contributed by atoms with E-state index in [0.29, 0.717) is 0 Å². The van der Waals surface area contributed by atoms with Crippen LogP contribution in [-0.4, -0.2) is 46.1 Å². The standard InChI is InChI=1S/C74H120N2/c1-5-17-55(18-6-1)29-33-59-37-45-65(46-38-59)75(66-47-39-60(40-48-66)34-30-56-19-7-2-8-20-56)73-69-27-15-16-28-70(69)74(72-54-64-26-14-13-25-63(64)53-71(72)73)76(67-49-41-61(42-50-67)35-31-57-21-9-3-10-22-57)68-51-43-62(44-52-68)36-32-58-23-11-4-12-24-58/h29-36,55-74H,1-28,37-54H2. The van der Waals surface area contributed by atoms with Gasteiger partial charge in [0.05, 0.1) is 0 Å². The van der Waals surface area contributed by atoms with E-state index in [1.54, 1.807) is 38.5 Å². The van der Waals surface area contributed by atoms with Crippen molar-refractivity contribution < 1.29 is 0 Å². The van der Waals surface area contributed by atoms with Gasteiger partial charge < -0.3 is 0 Å². The third-order valence-corrected chi connectivity index (χ3v) is 26.0. The fourth-order valence-corrected chi connectivity index (χ4v) is 21.8. The Morgan fingerprint density at radius 2 is 0.395 bits per heavy atom. The maximum atomic E-state index is 3.58. The molecule has 0 aliphatic heterocycles. The lowest BCUT2D eigenvalue weighted by molar-refractivity contribution is -0.162. The first-order valence-corrected chi connectivity index (χ1v) is 35.9. The van der Waals surface area contributed by atoms with Crippen LogP contribution in [-0.2, 0) is 0 Å². The molecule has 0 spiro atoms. The lowest BCUT2D eigenvalue weighted by Gasteiger charge is -2.66. The van der Waals surface area contributed by atoms with E-state index in [2.05, 4.69) is 58.4 Å². The summed E-state index contributed by atoms with van der Waals surface area (Å²) in [4.78, 5) is 7.17. The van der Waals surface area contributed by atoms with Crippen molar-refractivity contribution in [1.82, 2.24) is 9.80 Å². The van der Waals surface area contributed by atoms with Crippen LogP contribution >= 0.6 is 0 Å². The molecule has 2 nitrogen and oxygen atoms in total. The van der Waals surface area contributed by atoms with Crippen molar-refractivity contribution in [3.63, 3.8) is 0 Å². The monoisotopic (exact) mass is 1040 g/mol. The van der Waals surface area contributed by atoms with E-state index >= 15 is 0 Å². The zero-order chi connectivity index (χ0) is 50.9. The maximum absolute atomic E-state index is 3.58. The molecular formula is C74H120N2. The van der Waals surface area contributed by atoms with Gasteiger partial charge in [-0.2, -0.15) is 0 Å². The molecule has 12 saturated carbocycles.